The van der Waals surface area contributed by atoms with Gasteiger partial charge >= 0.3 is 5.97 Å². The topological polar surface area (TPSA) is 188 Å². The monoisotopic (exact) mass is 469 g/mol. The number of hydrogen-bond acceptors (Lipinski definition) is 9. The fourth-order valence-electron chi connectivity index (χ4n) is 3.44. The maximum Gasteiger partial charge on any atom is 0.303 e. The largest absolute Gasteiger partial charge is 0.493 e. The molecule has 3 aromatic rings. The SMILES string of the molecule is COc1ccc(-c2c(C#N)c(N)nc3sc(C(N)=O)c(N)c23)cc1OCCCCCC(=O)O. The van der Waals surface area contributed by atoms with Crippen LogP contribution in [0.4, 0.5) is 11.5 Å². The van der Waals surface area contributed by atoms with Gasteiger partial charge in [-0.05, 0) is 37.0 Å². The summed E-state index contributed by atoms with van der Waals surface area (Å²) in [5, 5.41) is 18.9. The smallest absolute Gasteiger partial charge is 0.303 e. The van der Waals surface area contributed by atoms with Crippen LogP contribution in [0.3, 0.4) is 0 Å². The Labute approximate surface area is 193 Å². The molecule has 33 heavy (non-hydrogen) atoms. The molecule has 0 radical (unpaired) electrons. The Balaban J connectivity index is 2.03. The van der Waals surface area contributed by atoms with E-state index in [9.17, 15) is 14.9 Å². The number of methoxy groups -OCH3 is 1. The summed E-state index contributed by atoms with van der Waals surface area (Å²) in [7, 11) is 1.51. The molecule has 1 aromatic carbocycles. The van der Waals surface area contributed by atoms with Crippen molar-refractivity contribution in [3.63, 3.8) is 0 Å². The predicted molar refractivity (Wildman–Crippen MR) is 125 cm³/mol. The third kappa shape index (κ3) is 4.91. The molecule has 172 valence electrons. The van der Waals surface area contributed by atoms with E-state index in [1.807, 2.05) is 0 Å². The Morgan fingerprint density at radius 1 is 1.21 bits per heavy atom. The van der Waals surface area contributed by atoms with Gasteiger partial charge in [-0.15, -0.1) is 11.3 Å². The van der Waals surface area contributed by atoms with Gasteiger partial charge in [-0.25, -0.2) is 4.98 Å². The number of aromatic nitrogens is 1. The molecule has 0 unspecified atom stereocenters. The molecule has 2 aromatic heterocycles. The van der Waals surface area contributed by atoms with Crippen LogP contribution in [0.1, 0.15) is 40.9 Å². The standard InChI is InChI=1S/C22H23N5O5S/c1-31-13-7-6-11(9-14(13)32-8-4-2-3-5-15(28)29)16-12(10-23)20(25)27-22-17(16)18(24)19(33-22)21(26)30/h6-7,9H,2-5,8,24H2,1H3,(H2,25,27)(H2,26,30)(H,28,29). The number of carboxylic acid groups (broad SMARTS) is 1. The van der Waals surface area contributed by atoms with Gasteiger partial charge in [0.05, 0.1) is 19.4 Å². The van der Waals surface area contributed by atoms with Gasteiger partial charge in [0.15, 0.2) is 11.5 Å². The molecule has 0 spiro atoms. The minimum absolute atomic E-state index is 0.00832. The number of nitrogen functional groups attached to an aromatic ring is 2. The molecule has 0 fully saturated rings. The molecule has 0 aliphatic rings. The molecule has 3 rings (SSSR count). The quantitative estimate of drug-likeness (QED) is 0.323. The summed E-state index contributed by atoms with van der Waals surface area (Å²) < 4.78 is 11.3. The molecule has 7 N–H and O–H groups in total. The highest BCUT2D eigenvalue weighted by Gasteiger charge is 2.24. The molecule has 1 amide bonds. The second-order valence-corrected chi connectivity index (χ2v) is 8.17. The molecule has 0 atom stereocenters. The number of primary amides is 1. The number of benzene rings is 1. The van der Waals surface area contributed by atoms with Crippen molar-refractivity contribution < 1.29 is 24.2 Å². The molecule has 0 bridgehead atoms. The summed E-state index contributed by atoms with van der Waals surface area (Å²) in [6, 6.07) is 7.19. The molecule has 11 heteroatoms. The number of carboxylic acids is 1. The fraction of sp³-hybridized carbons (Fsp3) is 0.273. The second kappa shape index (κ2) is 10.1. The van der Waals surface area contributed by atoms with Gasteiger partial charge in [0.2, 0.25) is 0 Å². The number of fused-ring (bicyclic) bond motifs is 1. The summed E-state index contributed by atoms with van der Waals surface area (Å²) >= 11 is 1.01. The normalized spacial score (nSPS) is 10.7. The Morgan fingerprint density at radius 3 is 2.61 bits per heavy atom. The number of hydrogen-bond donors (Lipinski definition) is 4. The van der Waals surface area contributed by atoms with Crippen LogP contribution in [0.15, 0.2) is 18.2 Å². The van der Waals surface area contributed by atoms with Crippen LogP contribution in [0.25, 0.3) is 21.3 Å². The van der Waals surface area contributed by atoms with Gasteiger partial charge < -0.3 is 31.8 Å². The van der Waals surface area contributed by atoms with Crippen molar-refractivity contribution in [1.82, 2.24) is 4.98 Å². The second-order valence-electron chi connectivity index (χ2n) is 7.17. The molecule has 10 nitrogen and oxygen atoms in total. The van der Waals surface area contributed by atoms with Gasteiger partial charge in [-0.3, -0.25) is 9.59 Å². The highest BCUT2D eigenvalue weighted by atomic mass is 32.1. The van der Waals surface area contributed by atoms with Gasteiger partial charge in [-0.2, -0.15) is 5.26 Å². The van der Waals surface area contributed by atoms with Crippen molar-refractivity contribution in [2.24, 2.45) is 5.73 Å². The first-order chi connectivity index (χ1) is 15.8. The van der Waals surface area contributed by atoms with Crippen molar-refractivity contribution in [2.75, 3.05) is 25.2 Å². The molecule has 0 saturated heterocycles. The van der Waals surface area contributed by atoms with Gasteiger partial charge in [-0.1, -0.05) is 6.07 Å². The van der Waals surface area contributed by atoms with Crippen molar-refractivity contribution >= 4 is 44.9 Å². The van der Waals surface area contributed by atoms with E-state index in [0.29, 0.717) is 58.7 Å². The zero-order chi connectivity index (χ0) is 24.1. The van der Waals surface area contributed by atoms with E-state index in [1.54, 1.807) is 18.2 Å². The van der Waals surface area contributed by atoms with E-state index in [0.717, 1.165) is 11.3 Å². The van der Waals surface area contributed by atoms with Crippen LogP contribution < -0.4 is 26.7 Å². The minimum atomic E-state index is -0.825. The summed E-state index contributed by atoms with van der Waals surface area (Å²) in [6.07, 6.45) is 2.05. The van der Waals surface area contributed by atoms with Crippen LogP contribution in [0, 0.1) is 11.3 Å². The molecule has 0 aliphatic carbocycles. The maximum absolute atomic E-state index is 11.8. The third-order valence-corrected chi connectivity index (χ3v) is 6.10. The number of rotatable bonds is 10. The summed E-state index contributed by atoms with van der Waals surface area (Å²) in [6.45, 7) is 0.352. The first-order valence-electron chi connectivity index (χ1n) is 10.0. The van der Waals surface area contributed by atoms with Crippen LogP contribution in [-0.2, 0) is 4.79 Å². The number of nitrogens with two attached hydrogens (primary N) is 3. The zero-order valence-electron chi connectivity index (χ0n) is 17.9. The summed E-state index contributed by atoms with van der Waals surface area (Å²) in [5.41, 5.74) is 18.9. The van der Waals surface area contributed by atoms with Crippen LogP contribution >= 0.6 is 11.3 Å². The Hall–Kier alpha value is -4.04. The molecule has 0 saturated carbocycles. The highest BCUT2D eigenvalue weighted by Crippen LogP contribution is 2.44. The van der Waals surface area contributed by atoms with Gasteiger partial charge in [0.25, 0.3) is 5.91 Å². The van der Waals surface area contributed by atoms with Crippen molar-refractivity contribution in [1.29, 1.82) is 5.26 Å². The average molecular weight is 470 g/mol. The van der Waals surface area contributed by atoms with E-state index >= 15 is 0 Å². The third-order valence-electron chi connectivity index (χ3n) is 4.99. The Morgan fingerprint density at radius 2 is 1.97 bits per heavy atom. The number of carbonyl (C=O) groups is 2. The molecule has 0 aliphatic heterocycles. The zero-order valence-corrected chi connectivity index (χ0v) is 18.7. The average Bonchev–Trinajstić information content (AvgIpc) is 3.10. The number of amides is 1. The molecular formula is C22H23N5O5S. The Kier molecular flexibility index (Phi) is 7.20. The van der Waals surface area contributed by atoms with Crippen LogP contribution in [0.5, 0.6) is 11.5 Å². The lowest BCUT2D eigenvalue weighted by molar-refractivity contribution is -0.137. The Bertz CT molecular complexity index is 1260. The molecular weight excluding hydrogens is 446 g/mol. The lowest BCUT2D eigenvalue weighted by Crippen LogP contribution is -2.10. The molecule has 2 heterocycles. The fourth-order valence-corrected chi connectivity index (χ4v) is 4.40. The van der Waals surface area contributed by atoms with E-state index < -0.39 is 11.9 Å². The van der Waals surface area contributed by atoms with E-state index in [1.165, 1.54) is 7.11 Å². The number of thiophene rings is 1. The highest BCUT2D eigenvalue weighted by molar-refractivity contribution is 7.21. The van der Waals surface area contributed by atoms with Crippen LogP contribution in [0.2, 0.25) is 0 Å². The van der Waals surface area contributed by atoms with Crippen molar-refractivity contribution in [3.05, 3.63) is 28.6 Å². The van der Waals surface area contributed by atoms with Crippen molar-refractivity contribution in [3.8, 4) is 28.7 Å². The minimum Gasteiger partial charge on any atom is -0.493 e. The predicted octanol–water partition coefficient (Wildman–Crippen LogP) is 3.13. The number of pyridine rings is 1. The number of nitrogens with zero attached hydrogens (tertiary/aromatic N) is 2. The number of nitriles is 1. The van der Waals surface area contributed by atoms with Gasteiger partial charge in [0.1, 0.15) is 27.2 Å². The first kappa shape index (κ1) is 23.6. The number of aliphatic carboxylic acids is 1. The lowest BCUT2D eigenvalue weighted by atomic mass is 9.97. The summed E-state index contributed by atoms with van der Waals surface area (Å²) in [5.74, 6) is -0.593. The van der Waals surface area contributed by atoms with E-state index in [-0.39, 0.29) is 28.4 Å². The number of ether oxygens (including phenoxy) is 2. The van der Waals surface area contributed by atoms with Crippen molar-refractivity contribution in [2.45, 2.75) is 25.7 Å². The van der Waals surface area contributed by atoms with Crippen LogP contribution in [-0.4, -0.2) is 35.7 Å². The lowest BCUT2D eigenvalue weighted by Gasteiger charge is -2.14. The first-order valence-corrected chi connectivity index (χ1v) is 10.8. The van der Waals surface area contributed by atoms with E-state index in [4.69, 9.17) is 31.8 Å². The number of carbonyl (C=O) groups excluding carboxylic acids is 1. The maximum atomic E-state index is 11.8. The van der Waals surface area contributed by atoms with Gasteiger partial charge in [0, 0.05) is 17.4 Å². The summed E-state index contributed by atoms with van der Waals surface area (Å²) in [4.78, 5) is 27.2. The number of anilines is 2. The number of unbranched alkanes of at least 4 members (excludes halogenated alkanes) is 2. The van der Waals surface area contributed by atoms with E-state index in [2.05, 4.69) is 11.1 Å².